The fourth-order valence-electron chi connectivity index (χ4n) is 2.71. The van der Waals surface area contributed by atoms with Gasteiger partial charge in [-0.3, -0.25) is 9.59 Å². The second-order valence-corrected chi connectivity index (χ2v) is 4.92. The third-order valence-corrected chi connectivity index (χ3v) is 3.75. The molecule has 0 spiro atoms. The second-order valence-electron chi connectivity index (χ2n) is 4.92. The molecule has 1 amide bonds. The van der Waals surface area contributed by atoms with Crippen LogP contribution in [0.5, 0.6) is 0 Å². The lowest BCUT2D eigenvalue weighted by molar-refractivity contribution is 0.0672. The number of carbonyl (C=O) groups is 1. The molecule has 1 saturated heterocycles. The van der Waals surface area contributed by atoms with Gasteiger partial charge >= 0.3 is 0 Å². The van der Waals surface area contributed by atoms with Crippen LogP contribution in [0.15, 0.2) is 29.1 Å². The van der Waals surface area contributed by atoms with Crippen LogP contribution in [-0.2, 0) is 0 Å². The molecule has 2 N–H and O–H groups in total. The van der Waals surface area contributed by atoms with Gasteiger partial charge in [0, 0.05) is 11.9 Å². The summed E-state index contributed by atoms with van der Waals surface area (Å²) in [5.41, 5.74) is -0.0715. The number of aliphatic hydroxyl groups is 1. The molecule has 2 aromatic rings. The highest BCUT2D eigenvalue weighted by Gasteiger charge is 2.30. The molecule has 3 rings (SSSR count). The van der Waals surface area contributed by atoms with Gasteiger partial charge in [0.15, 0.2) is 5.69 Å². The molecule has 6 heteroatoms. The van der Waals surface area contributed by atoms with Crippen molar-refractivity contribution in [3.05, 3.63) is 40.3 Å². The highest BCUT2D eigenvalue weighted by atomic mass is 16.3. The van der Waals surface area contributed by atoms with Gasteiger partial charge in [-0.2, -0.15) is 5.10 Å². The number of likely N-dealkylation sites (tertiary alicyclic amines) is 1. The lowest BCUT2D eigenvalue weighted by Gasteiger charge is -2.22. The van der Waals surface area contributed by atoms with Crippen LogP contribution in [0.4, 0.5) is 0 Å². The molecule has 104 valence electrons. The van der Waals surface area contributed by atoms with Crippen LogP contribution in [-0.4, -0.2) is 45.3 Å². The zero-order chi connectivity index (χ0) is 14.1. The second kappa shape index (κ2) is 5.05. The maximum atomic E-state index is 12.6. The molecule has 0 aliphatic carbocycles. The Balaban J connectivity index is 2.08. The van der Waals surface area contributed by atoms with Gasteiger partial charge in [0.2, 0.25) is 0 Å². The van der Waals surface area contributed by atoms with E-state index in [-0.39, 0.29) is 29.8 Å². The molecule has 0 unspecified atom stereocenters. The molecule has 1 aliphatic heterocycles. The van der Waals surface area contributed by atoms with Crippen LogP contribution in [0.1, 0.15) is 23.3 Å². The van der Waals surface area contributed by atoms with E-state index in [0.29, 0.717) is 17.3 Å². The summed E-state index contributed by atoms with van der Waals surface area (Å²) in [5, 5.41) is 16.6. The third-order valence-electron chi connectivity index (χ3n) is 3.75. The normalized spacial score (nSPS) is 18.6. The van der Waals surface area contributed by atoms with E-state index in [4.69, 9.17) is 0 Å². The summed E-state index contributed by atoms with van der Waals surface area (Å²) >= 11 is 0. The first-order valence-electron chi connectivity index (χ1n) is 6.61. The molecule has 2 heterocycles. The molecular weight excluding hydrogens is 258 g/mol. The SMILES string of the molecule is O=C(c1n[nH]c(=O)c2ccccc12)N1CCC[C@H]1CO. The topological polar surface area (TPSA) is 86.3 Å². The third kappa shape index (κ3) is 1.98. The van der Waals surface area contributed by atoms with Crippen molar-refractivity contribution in [3.8, 4) is 0 Å². The molecule has 1 atom stereocenters. The van der Waals surface area contributed by atoms with Gasteiger partial charge in [-0.05, 0) is 18.9 Å². The minimum absolute atomic E-state index is 0.0486. The molecule has 20 heavy (non-hydrogen) atoms. The Hall–Kier alpha value is -2.21. The van der Waals surface area contributed by atoms with Gasteiger partial charge in [-0.25, -0.2) is 5.10 Å². The minimum atomic E-state index is -0.308. The number of aliphatic hydroxyl groups excluding tert-OH is 1. The van der Waals surface area contributed by atoms with Crippen molar-refractivity contribution in [2.45, 2.75) is 18.9 Å². The number of carbonyl (C=O) groups excluding carboxylic acids is 1. The lowest BCUT2D eigenvalue weighted by Crippen LogP contribution is -2.38. The average molecular weight is 273 g/mol. The Morgan fingerprint density at radius 1 is 1.40 bits per heavy atom. The fourth-order valence-corrected chi connectivity index (χ4v) is 2.71. The molecule has 6 nitrogen and oxygen atoms in total. The minimum Gasteiger partial charge on any atom is -0.394 e. The van der Waals surface area contributed by atoms with Crippen molar-refractivity contribution >= 4 is 16.7 Å². The van der Waals surface area contributed by atoms with Gasteiger partial charge in [-0.1, -0.05) is 18.2 Å². The zero-order valence-electron chi connectivity index (χ0n) is 10.9. The number of nitrogens with zero attached hydrogens (tertiary/aromatic N) is 2. The van der Waals surface area contributed by atoms with E-state index in [1.165, 1.54) is 0 Å². The first-order chi connectivity index (χ1) is 9.72. The number of hydrogen-bond donors (Lipinski definition) is 2. The predicted molar refractivity (Wildman–Crippen MR) is 73.5 cm³/mol. The number of rotatable bonds is 2. The smallest absolute Gasteiger partial charge is 0.275 e. The van der Waals surface area contributed by atoms with Crippen LogP contribution in [0.3, 0.4) is 0 Å². The summed E-state index contributed by atoms with van der Waals surface area (Å²) in [6.45, 7) is 0.562. The van der Waals surface area contributed by atoms with E-state index >= 15 is 0 Å². The van der Waals surface area contributed by atoms with Crippen molar-refractivity contribution in [2.24, 2.45) is 0 Å². The van der Waals surface area contributed by atoms with Crippen LogP contribution < -0.4 is 5.56 Å². The molecule has 1 fully saturated rings. The Bertz CT molecular complexity index is 710. The summed E-state index contributed by atoms with van der Waals surface area (Å²) in [4.78, 5) is 25.9. The van der Waals surface area contributed by atoms with Gasteiger partial charge in [-0.15, -0.1) is 0 Å². The fraction of sp³-hybridized carbons (Fsp3) is 0.357. The molecule has 1 aliphatic rings. The number of amides is 1. The van der Waals surface area contributed by atoms with Gasteiger partial charge in [0.05, 0.1) is 18.0 Å². The first-order valence-corrected chi connectivity index (χ1v) is 6.61. The maximum Gasteiger partial charge on any atom is 0.275 e. The van der Waals surface area contributed by atoms with Gasteiger partial charge in [0.25, 0.3) is 11.5 Å². The number of aromatic nitrogens is 2. The Morgan fingerprint density at radius 3 is 2.90 bits per heavy atom. The monoisotopic (exact) mass is 273 g/mol. The summed E-state index contributed by atoms with van der Waals surface area (Å²) in [5.74, 6) is -0.242. The van der Waals surface area contributed by atoms with Crippen molar-refractivity contribution in [2.75, 3.05) is 13.2 Å². The largest absolute Gasteiger partial charge is 0.394 e. The predicted octanol–water partition coefficient (Wildman–Crippen LogP) is 0.520. The Kier molecular flexibility index (Phi) is 3.23. The van der Waals surface area contributed by atoms with Crippen molar-refractivity contribution < 1.29 is 9.90 Å². The quantitative estimate of drug-likeness (QED) is 0.835. The summed E-state index contributed by atoms with van der Waals surface area (Å²) in [6, 6.07) is 6.75. The van der Waals surface area contributed by atoms with Crippen LogP contribution in [0.25, 0.3) is 10.8 Å². The van der Waals surface area contributed by atoms with E-state index in [9.17, 15) is 14.7 Å². The number of nitrogens with one attached hydrogen (secondary N) is 1. The van der Waals surface area contributed by atoms with Crippen molar-refractivity contribution in [3.63, 3.8) is 0 Å². The molecule has 1 aromatic heterocycles. The number of hydrogen-bond acceptors (Lipinski definition) is 4. The maximum absolute atomic E-state index is 12.6. The van der Waals surface area contributed by atoms with Crippen LogP contribution in [0, 0.1) is 0 Å². The lowest BCUT2D eigenvalue weighted by atomic mass is 10.1. The van der Waals surface area contributed by atoms with E-state index in [2.05, 4.69) is 10.2 Å². The van der Waals surface area contributed by atoms with E-state index in [1.54, 1.807) is 29.2 Å². The van der Waals surface area contributed by atoms with E-state index in [1.807, 2.05) is 0 Å². The number of H-pyrrole nitrogens is 1. The van der Waals surface area contributed by atoms with Crippen molar-refractivity contribution in [1.29, 1.82) is 0 Å². The number of fused-ring (bicyclic) bond motifs is 1. The highest BCUT2D eigenvalue weighted by molar-refractivity contribution is 6.04. The summed E-state index contributed by atoms with van der Waals surface area (Å²) < 4.78 is 0. The number of aromatic amines is 1. The number of benzene rings is 1. The Morgan fingerprint density at radius 2 is 2.15 bits per heavy atom. The molecule has 1 aromatic carbocycles. The van der Waals surface area contributed by atoms with Gasteiger partial charge < -0.3 is 10.0 Å². The standard InChI is InChI=1S/C14H15N3O3/c18-8-9-4-3-7-17(9)14(20)12-10-5-1-2-6-11(10)13(19)16-15-12/h1-2,5-6,9,18H,3-4,7-8H2,(H,16,19)/t9-/m0/s1. The van der Waals surface area contributed by atoms with Crippen LogP contribution >= 0.6 is 0 Å². The molecule has 0 radical (unpaired) electrons. The van der Waals surface area contributed by atoms with Crippen LogP contribution in [0.2, 0.25) is 0 Å². The molecular formula is C14H15N3O3. The van der Waals surface area contributed by atoms with E-state index < -0.39 is 0 Å². The highest BCUT2D eigenvalue weighted by Crippen LogP contribution is 2.21. The summed E-state index contributed by atoms with van der Waals surface area (Å²) in [6.07, 6.45) is 1.67. The van der Waals surface area contributed by atoms with E-state index in [0.717, 1.165) is 12.8 Å². The average Bonchev–Trinajstić information content (AvgIpc) is 2.96. The Labute approximate surface area is 115 Å². The van der Waals surface area contributed by atoms with Crippen molar-refractivity contribution in [1.82, 2.24) is 15.1 Å². The molecule has 0 saturated carbocycles. The zero-order valence-corrected chi connectivity index (χ0v) is 10.9. The molecule has 0 bridgehead atoms. The summed E-state index contributed by atoms with van der Waals surface area (Å²) in [7, 11) is 0. The van der Waals surface area contributed by atoms with Gasteiger partial charge in [0.1, 0.15) is 0 Å². The first kappa shape index (κ1) is 12.8.